The summed E-state index contributed by atoms with van der Waals surface area (Å²) < 4.78 is 38.3. The summed E-state index contributed by atoms with van der Waals surface area (Å²) in [6, 6.07) is 7.10. The van der Waals surface area contributed by atoms with E-state index in [-0.39, 0.29) is 5.69 Å². The highest BCUT2D eigenvalue weighted by atomic mass is 19.4. The molecule has 0 unspecified atom stereocenters. The molecule has 0 atom stereocenters. The van der Waals surface area contributed by atoms with Crippen LogP contribution >= 0.6 is 0 Å². The molecule has 2 rings (SSSR count). The lowest BCUT2D eigenvalue weighted by atomic mass is 10.1. The van der Waals surface area contributed by atoms with Crippen molar-refractivity contribution in [2.24, 2.45) is 0 Å². The van der Waals surface area contributed by atoms with Gasteiger partial charge in [0.1, 0.15) is 0 Å². The van der Waals surface area contributed by atoms with Crippen LogP contribution in [0.5, 0.6) is 0 Å². The number of nitrogens with one attached hydrogen (secondary N) is 1. The molecule has 1 aromatic heterocycles. The Morgan fingerprint density at radius 2 is 1.83 bits per heavy atom. The van der Waals surface area contributed by atoms with Crippen LogP contribution in [0.25, 0.3) is 0 Å². The number of alkyl halides is 3. The van der Waals surface area contributed by atoms with Gasteiger partial charge < -0.3 is 5.32 Å². The summed E-state index contributed by atoms with van der Waals surface area (Å²) in [5.41, 5.74) is 0.750. The van der Waals surface area contributed by atoms with E-state index in [0.29, 0.717) is 5.69 Å². The average molecular weight is 252 g/mol. The minimum absolute atomic E-state index is 0.0254. The zero-order valence-electron chi connectivity index (χ0n) is 9.62. The lowest BCUT2D eigenvalue weighted by molar-refractivity contribution is -0.136. The molecule has 5 heteroatoms. The molecule has 0 spiro atoms. The maximum Gasteiger partial charge on any atom is 0.418 e. The number of aromatic nitrogens is 1. The first kappa shape index (κ1) is 12.4. The first-order valence-electron chi connectivity index (χ1n) is 5.32. The Kier molecular flexibility index (Phi) is 3.23. The molecule has 2 aromatic rings. The molecule has 0 amide bonds. The van der Waals surface area contributed by atoms with Crippen LogP contribution in [-0.4, -0.2) is 4.98 Å². The molecule has 0 aliphatic rings. The average Bonchev–Trinajstić information content (AvgIpc) is 2.28. The predicted octanol–water partition coefficient (Wildman–Crippen LogP) is 4.15. The van der Waals surface area contributed by atoms with E-state index in [9.17, 15) is 13.2 Å². The lowest BCUT2D eigenvalue weighted by Crippen LogP contribution is -2.08. The zero-order valence-corrected chi connectivity index (χ0v) is 9.62. The van der Waals surface area contributed by atoms with E-state index in [2.05, 4.69) is 10.3 Å². The SMILES string of the molecule is Cc1cncc(Nc2ccccc2C(F)(F)F)c1. The van der Waals surface area contributed by atoms with Crippen LogP contribution in [0, 0.1) is 6.92 Å². The van der Waals surface area contributed by atoms with Gasteiger partial charge in [-0.2, -0.15) is 13.2 Å². The second-order valence-electron chi connectivity index (χ2n) is 3.92. The van der Waals surface area contributed by atoms with Crippen molar-refractivity contribution in [2.45, 2.75) is 13.1 Å². The van der Waals surface area contributed by atoms with Crippen molar-refractivity contribution in [3.8, 4) is 0 Å². The highest BCUT2D eigenvalue weighted by Crippen LogP contribution is 2.35. The predicted molar refractivity (Wildman–Crippen MR) is 63.7 cm³/mol. The van der Waals surface area contributed by atoms with E-state index in [1.54, 1.807) is 18.3 Å². The fraction of sp³-hybridized carbons (Fsp3) is 0.154. The van der Waals surface area contributed by atoms with Gasteiger partial charge in [-0.05, 0) is 30.7 Å². The number of benzene rings is 1. The van der Waals surface area contributed by atoms with Gasteiger partial charge in [-0.25, -0.2) is 0 Å². The second-order valence-corrected chi connectivity index (χ2v) is 3.92. The van der Waals surface area contributed by atoms with Gasteiger partial charge in [-0.3, -0.25) is 4.98 Å². The standard InChI is InChI=1S/C13H11F3N2/c1-9-6-10(8-17-7-9)18-12-5-3-2-4-11(12)13(14,15)16/h2-8,18H,1H3. The molecular weight excluding hydrogens is 241 g/mol. The summed E-state index contributed by atoms with van der Waals surface area (Å²) in [6.07, 6.45) is -1.25. The van der Waals surface area contributed by atoms with E-state index in [1.165, 1.54) is 18.3 Å². The molecule has 0 fully saturated rings. The number of hydrogen-bond donors (Lipinski definition) is 1. The summed E-state index contributed by atoms with van der Waals surface area (Å²) in [7, 11) is 0. The second kappa shape index (κ2) is 4.68. The van der Waals surface area contributed by atoms with Crippen LogP contribution in [0.4, 0.5) is 24.5 Å². The summed E-state index contributed by atoms with van der Waals surface area (Å²) in [5.74, 6) is 0. The van der Waals surface area contributed by atoms with Gasteiger partial charge in [-0.15, -0.1) is 0 Å². The Bertz CT molecular complexity index is 550. The first-order chi connectivity index (χ1) is 8.47. The van der Waals surface area contributed by atoms with Crippen molar-refractivity contribution in [1.29, 1.82) is 0 Å². The zero-order chi connectivity index (χ0) is 13.2. The van der Waals surface area contributed by atoms with Crippen LogP contribution in [0.1, 0.15) is 11.1 Å². The quantitative estimate of drug-likeness (QED) is 0.868. The normalized spacial score (nSPS) is 11.3. The molecule has 0 radical (unpaired) electrons. The highest BCUT2D eigenvalue weighted by molar-refractivity contribution is 5.63. The number of anilines is 2. The van der Waals surface area contributed by atoms with Gasteiger partial charge in [0, 0.05) is 6.20 Å². The molecule has 1 N–H and O–H groups in total. The maximum absolute atomic E-state index is 12.8. The van der Waals surface area contributed by atoms with Crippen LogP contribution in [0.3, 0.4) is 0 Å². The number of nitrogens with zero attached hydrogens (tertiary/aromatic N) is 1. The Balaban J connectivity index is 2.35. The lowest BCUT2D eigenvalue weighted by Gasteiger charge is -2.14. The number of halogens is 3. The van der Waals surface area contributed by atoms with Crippen molar-refractivity contribution in [3.05, 3.63) is 53.9 Å². The monoisotopic (exact) mass is 252 g/mol. The van der Waals surface area contributed by atoms with E-state index >= 15 is 0 Å². The molecule has 2 nitrogen and oxygen atoms in total. The number of rotatable bonds is 2. The van der Waals surface area contributed by atoms with Gasteiger partial charge in [0.25, 0.3) is 0 Å². The van der Waals surface area contributed by atoms with Gasteiger partial charge in [0.2, 0.25) is 0 Å². The molecule has 0 saturated carbocycles. The Labute approximate surface area is 102 Å². The third-order valence-corrected chi connectivity index (χ3v) is 2.39. The van der Waals surface area contributed by atoms with E-state index < -0.39 is 11.7 Å². The van der Waals surface area contributed by atoms with Gasteiger partial charge in [0.15, 0.2) is 0 Å². The molecule has 0 saturated heterocycles. The minimum Gasteiger partial charge on any atom is -0.354 e. The van der Waals surface area contributed by atoms with Crippen molar-refractivity contribution in [2.75, 3.05) is 5.32 Å². The first-order valence-corrected chi connectivity index (χ1v) is 5.32. The Hall–Kier alpha value is -2.04. The number of para-hydroxylation sites is 1. The third kappa shape index (κ3) is 2.80. The van der Waals surface area contributed by atoms with Crippen molar-refractivity contribution in [3.63, 3.8) is 0 Å². The minimum atomic E-state index is -4.37. The van der Waals surface area contributed by atoms with Crippen molar-refractivity contribution in [1.82, 2.24) is 4.98 Å². The maximum atomic E-state index is 12.8. The summed E-state index contributed by atoms with van der Waals surface area (Å²) in [6.45, 7) is 1.83. The van der Waals surface area contributed by atoms with Crippen molar-refractivity contribution < 1.29 is 13.2 Å². The Morgan fingerprint density at radius 1 is 1.11 bits per heavy atom. The largest absolute Gasteiger partial charge is 0.418 e. The fourth-order valence-electron chi connectivity index (χ4n) is 1.62. The Morgan fingerprint density at radius 3 is 2.50 bits per heavy atom. The van der Waals surface area contributed by atoms with Crippen LogP contribution in [0.2, 0.25) is 0 Å². The van der Waals surface area contributed by atoms with E-state index in [1.807, 2.05) is 6.92 Å². The number of aryl methyl sites for hydroxylation is 1. The molecule has 18 heavy (non-hydrogen) atoms. The molecule has 1 heterocycles. The molecular formula is C13H11F3N2. The smallest absolute Gasteiger partial charge is 0.354 e. The summed E-state index contributed by atoms with van der Waals surface area (Å²) in [5, 5.41) is 2.74. The van der Waals surface area contributed by atoms with Gasteiger partial charge >= 0.3 is 6.18 Å². The molecule has 1 aromatic carbocycles. The van der Waals surface area contributed by atoms with Crippen LogP contribution < -0.4 is 5.32 Å². The third-order valence-electron chi connectivity index (χ3n) is 2.39. The van der Waals surface area contributed by atoms with Crippen molar-refractivity contribution >= 4 is 11.4 Å². The molecule has 0 bridgehead atoms. The highest BCUT2D eigenvalue weighted by Gasteiger charge is 2.33. The van der Waals surface area contributed by atoms with Gasteiger partial charge in [-0.1, -0.05) is 12.1 Å². The van der Waals surface area contributed by atoms with Crippen LogP contribution in [-0.2, 0) is 6.18 Å². The molecule has 0 aliphatic carbocycles. The molecule has 0 aliphatic heterocycles. The fourth-order valence-corrected chi connectivity index (χ4v) is 1.62. The van der Waals surface area contributed by atoms with E-state index in [0.717, 1.165) is 11.6 Å². The summed E-state index contributed by atoms with van der Waals surface area (Å²) in [4.78, 5) is 3.93. The summed E-state index contributed by atoms with van der Waals surface area (Å²) >= 11 is 0. The number of hydrogen-bond acceptors (Lipinski definition) is 2. The van der Waals surface area contributed by atoms with E-state index in [4.69, 9.17) is 0 Å². The van der Waals surface area contributed by atoms with Crippen LogP contribution in [0.15, 0.2) is 42.7 Å². The van der Waals surface area contributed by atoms with Gasteiger partial charge in [0.05, 0.1) is 23.1 Å². The topological polar surface area (TPSA) is 24.9 Å². The number of pyridine rings is 1. The molecule has 94 valence electrons.